The minimum absolute atomic E-state index is 1.09. The summed E-state index contributed by atoms with van der Waals surface area (Å²) in [6.07, 6.45) is 3.89. The predicted octanol–water partition coefficient (Wildman–Crippen LogP) is 10.4. The average Bonchev–Trinajstić information content (AvgIpc) is 3.74. The molecule has 10 rings (SSSR count). The van der Waals surface area contributed by atoms with Crippen LogP contribution in [-0.2, 0) is 0 Å². The quantitative estimate of drug-likeness (QED) is 0.206. The van der Waals surface area contributed by atoms with E-state index in [-0.39, 0.29) is 0 Å². The van der Waals surface area contributed by atoms with Gasteiger partial charge in [0.15, 0.2) is 0 Å². The van der Waals surface area contributed by atoms with Gasteiger partial charge < -0.3 is 13.7 Å². The van der Waals surface area contributed by atoms with Crippen LogP contribution in [0.25, 0.3) is 82.5 Å². The Morgan fingerprint density at radius 1 is 0.311 bits per heavy atom. The molecule has 0 spiro atoms. The number of pyridine rings is 1. The summed E-state index contributed by atoms with van der Waals surface area (Å²) in [7, 11) is 0. The first-order valence-corrected chi connectivity index (χ1v) is 15.3. The van der Waals surface area contributed by atoms with Crippen LogP contribution in [0.2, 0.25) is 0 Å². The Morgan fingerprint density at radius 2 is 0.733 bits per heavy atom. The van der Waals surface area contributed by atoms with Gasteiger partial charge in [0.25, 0.3) is 0 Å². The molecule has 0 unspecified atom stereocenters. The fourth-order valence-corrected chi connectivity index (χ4v) is 7.45. The standard InChI is InChI=1S/C41H26N4/c1-5-16-36-30(12-1)31-13-2-6-17-37(31)43(36)27-10-9-11-28(24-27)45-40-21-20-29(25-35(40)34-22-23-42-26-41(34)45)44-38-18-7-3-14-32(38)33-15-4-8-19-39(33)44/h1-26H. The lowest BCUT2D eigenvalue weighted by Gasteiger charge is -2.13. The third kappa shape index (κ3) is 3.39. The summed E-state index contributed by atoms with van der Waals surface area (Å²) in [6.45, 7) is 0. The number of hydrogen-bond acceptors (Lipinski definition) is 1. The SMILES string of the molecule is c1cc(-n2c3ccccc3c3ccccc32)cc(-n2c3ccc(-n4c5ccccc5c5ccccc54)cc3c3ccncc32)c1. The first-order chi connectivity index (χ1) is 22.3. The average molecular weight is 575 g/mol. The van der Waals surface area contributed by atoms with E-state index in [9.17, 15) is 0 Å². The van der Waals surface area contributed by atoms with Crippen LogP contribution in [0, 0.1) is 0 Å². The molecule has 0 aliphatic rings. The van der Waals surface area contributed by atoms with Crippen LogP contribution < -0.4 is 0 Å². The minimum Gasteiger partial charge on any atom is -0.309 e. The molecule has 10 aromatic rings. The van der Waals surface area contributed by atoms with Gasteiger partial charge in [0.05, 0.1) is 39.3 Å². The Kier molecular flexibility index (Phi) is 4.96. The van der Waals surface area contributed by atoms with Crippen LogP contribution in [0.3, 0.4) is 0 Å². The number of rotatable bonds is 3. The van der Waals surface area contributed by atoms with Gasteiger partial charge in [-0.3, -0.25) is 4.98 Å². The topological polar surface area (TPSA) is 27.7 Å². The Morgan fingerprint density at radius 3 is 1.27 bits per heavy atom. The Bertz CT molecular complexity index is 2670. The molecule has 4 aromatic heterocycles. The van der Waals surface area contributed by atoms with E-state index in [2.05, 4.69) is 164 Å². The largest absolute Gasteiger partial charge is 0.309 e. The monoisotopic (exact) mass is 574 g/mol. The smallest absolute Gasteiger partial charge is 0.0724 e. The molecular weight excluding hydrogens is 548 g/mol. The minimum atomic E-state index is 1.09. The van der Waals surface area contributed by atoms with Gasteiger partial charge in [-0.1, -0.05) is 78.9 Å². The Hall–Kier alpha value is -6.13. The van der Waals surface area contributed by atoms with Crippen molar-refractivity contribution in [2.75, 3.05) is 0 Å². The Labute approximate surface area is 258 Å². The van der Waals surface area contributed by atoms with Gasteiger partial charge in [0.2, 0.25) is 0 Å². The van der Waals surface area contributed by atoms with E-state index in [0.717, 1.165) is 28.1 Å². The van der Waals surface area contributed by atoms with Gasteiger partial charge in [0.1, 0.15) is 0 Å². The second kappa shape index (κ2) is 9.18. The molecule has 0 aliphatic carbocycles. The van der Waals surface area contributed by atoms with Gasteiger partial charge in [-0.05, 0) is 66.7 Å². The fraction of sp³-hybridized carbons (Fsp3) is 0. The lowest BCUT2D eigenvalue weighted by atomic mass is 10.1. The zero-order chi connectivity index (χ0) is 29.5. The lowest BCUT2D eigenvalue weighted by Crippen LogP contribution is -1.99. The lowest BCUT2D eigenvalue weighted by molar-refractivity contribution is 1.13. The van der Waals surface area contributed by atoms with E-state index in [1.54, 1.807) is 0 Å². The summed E-state index contributed by atoms with van der Waals surface area (Å²) in [5.74, 6) is 0. The summed E-state index contributed by atoms with van der Waals surface area (Å²) in [4.78, 5) is 4.57. The highest BCUT2D eigenvalue weighted by atomic mass is 15.0. The van der Waals surface area contributed by atoms with Crippen molar-refractivity contribution in [2.45, 2.75) is 0 Å². The Balaban J connectivity index is 1.22. The summed E-state index contributed by atoms with van der Waals surface area (Å²) in [5, 5.41) is 7.44. The van der Waals surface area contributed by atoms with Crippen molar-refractivity contribution in [2.24, 2.45) is 0 Å². The summed E-state index contributed by atoms with van der Waals surface area (Å²) in [6, 6.07) is 52.5. The molecule has 210 valence electrons. The third-order valence-electron chi connectivity index (χ3n) is 9.32. The maximum Gasteiger partial charge on any atom is 0.0724 e. The first-order valence-electron chi connectivity index (χ1n) is 15.3. The van der Waals surface area contributed by atoms with Crippen molar-refractivity contribution in [3.8, 4) is 17.1 Å². The van der Waals surface area contributed by atoms with Gasteiger partial charge in [0, 0.05) is 55.6 Å². The van der Waals surface area contributed by atoms with Crippen molar-refractivity contribution in [1.29, 1.82) is 0 Å². The highest BCUT2D eigenvalue weighted by Gasteiger charge is 2.17. The number of fused-ring (bicyclic) bond motifs is 9. The van der Waals surface area contributed by atoms with E-state index in [0.29, 0.717) is 0 Å². The normalized spacial score (nSPS) is 12.0. The molecule has 4 heteroatoms. The third-order valence-corrected chi connectivity index (χ3v) is 9.32. The van der Waals surface area contributed by atoms with Crippen LogP contribution in [-0.4, -0.2) is 18.7 Å². The van der Waals surface area contributed by atoms with Crippen LogP contribution in [0.1, 0.15) is 0 Å². The molecule has 0 radical (unpaired) electrons. The molecule has 6 aromatic carbocycles. The maximum absolute atomic E-state index is 4.57. The molecule has 0 bridgehead atoms. The number of aromatic nitrogens is 4. The van der Waals surface area contributed by atoms with Crippen molar-refractivity contribution in [1.82, 2.24) is 18.7 Å². The molecule has 45 heavy (non-hydrogen) atoms. The maximum atomic E-state index is 4.57. The molecular formula is C41H26N4. The molecule has 0 amide bonds. The van der Waals surface area contributed by atoms with E-state index < -0.39 is 0 Å². The van der Waals surface area contributed by atoms with E-state index in [4.69, 9.17) is 0 Å². The van der Waals surface area contributed by atoms with Crippen molar-refractivity contribution < 1.29 is 0 Å². The summed E-state index contributed by atoms with van der Waals surface area (Å²) in [5.41, 5.74) is 10.5. The van der Waals surface area contributed by atoms with Gasteiger partial charge >= 0.3 is 0 Å². The van der Waals surface area contributed by atoms with Crippen LogP contribution in [0.15, 0.2) is 158 Å². The second-order valence-electron chi connectivity index (χ2n) is 11.7. The molecule has 0 saturated carbocycles. The molecule has 0 N–H and O–H groups in total. The molecule has 0 saturated heterocycles. The highest BCUT2D eigenvalue weighted by Crippen LogP contribution is 2.38. The van der Waals surface area contributed by atoms with Gasteiger partial charge in [-0.15, -0.1) is 0 Å². The molecule has 4 nitrogen and oxygen atoms in total. The van der Waals surface area contributed by atoms with Crippen LogP contribution >= 0.6 is 0 Å². The molecule has 4 heterocycles. The van der Waals surface area contributed by atoms with E-state index >= 15 is 0 Å². The molecule has 0 atom stereocenters. The molecule has 0 aliphatic heterocycles. The van der Waals surface area contributed by atoms with E-state index in [1.165, 1.54) is 54.4 Å². The summed E-state index contributed by atoms with van der Waals surface area (Å²) < 4.78 is 7.11. The zero-order valence-electron chi connectivity index (χ0n) is 24.3. The first kappa shape index (κ1) is 24.3. The zero-order valence-corrected chi connectivity index (χ0v) is 24.3. The summed E-state index contributed by atoms with van der Waals surface area (Å²) >= 11 is 0. The van der Waals surface area contributed by atoms with Crippen molar-refractivity contribution in [3.63, 3.8) is 0 Å². The number of nitrogens with zero attached hydrogens (tertiary/aromatic N) is 4. The van der Waals surface area contributed by atoms with Gasteiger partial charge in [-0.25, -0.2) is 0 Å². The van der Waals surface area contributed by atoms with Crippen molar-refractivity contribution >= 4 is 65.4 Å². The fourth-order valence-electron chi connectivity index (χ4n) is 7.45. The van der Waals surface area contributed by atoms with Crippen LogP contribution in [0.5, 0.6) is 0 Å². The molecule has 0 fully saturated rings. The van der Waals surface area contributed by atoms with Crippen LogP contribution in [0.4, 0.5) is 0 Å². The van der Waals surface area contributed by atoms with E-state index in [1.807, 2.05) is 12.4 Å². The van der Waals surface area contributed by atoms with Gasteiger partial charge in [-0.2, -0.15) is 0 Å². The van der Waals surface area contributed by atoms with Crippen molar-refractivity contribution in [3.05, 3.63) is 158 Å². The number of hydrogen-bond donors (Lipinski definition) is 0. The predicted molar refractivity (Wildman–Crippen MR) is 187 cm³/mol. The number of benzene rings is 6. The highest BCUT2D eigenvalue weighted by molar-refractivity contribution is 6.12. The number of para-hydroxylation sites is 4. The second-order valence-corrected chi connectivity index (χ2v) is 11.7.